The van der Waals surface area contributed by atoms with Crippen LogP contribution >= 0.6 is 0 Å². The molecule has 2 aliphatic heterocycles. The van der Waals surface area contributed by atoms with Gasteiger partial charge in [0.1, 0.15) is 23.0 Å². The standard InChI is InChI=1S/C28H23NO6.C24H16O5.C4H9NO2/c30-16-5-9-18-14(12-16)3-7-20-23(18)24-19-10-6-17(31)13-15(19)4-8-21(24)26-25(20)27(34)29(28(26)35)11-1-2-22(32)33;25-13-3-7-15-11(9-13)1-5-17-19(15)20-16-8-4-14(26)10-12(16)2-6-18(20)22-21(17)23(27)29-24(22)28;5-3-1-2-4(6)7/h5-6,9-10,12-13,30-31H,1-4,7-8,11H2,(H,32,33);3-4,7-10,25-26H,1-2,5-6H2;1-3,5H2,(H,6,7). The summed E-state index contributed by atoms with van der Waals surface area (Å²) in [4.78, 5) is 74.2. The van der Waals surface area contributed by atoms with Crippen molar-refractivity contribution in [2.24, 2.45) is 5.73 Å². The van der Waals surface area contributed by atoms with Crippen LogP contribution in [-0.4, -0.2) is 84.3 Å². The van der Waals surface area contributed by atoms with Gasteiger partial charge in [0.25, 0.3) is 11.8 Å². The molecule has 0 saturated carbocycles. The van der Waals surface area contributed by atoms with Crippen LogP contribution in [0.15, 0.2) is 72.8 Å². The lowest BCUT2D eigenvalue weighted by molar-refractivity contribution is -0.138. The number of carboxylic acids is 2. The number of esters is 2. The minimum atomic E-state index is -0.962. The van der Waals surface area contributed by atoms with Gasteiger partial charge >= 0.3 is 23.9 Å². The second-order valence-electron chi connectivity index (χ2n) is 18.5. The van der Waals surface area contributed by atoms with Crippen molar-refractivity contribution in [1.29, 1.82) is 0 Å². The number of amides is 2. The number of imide groups is 1. The summed E-state index contributed by atoms with van der Waals surface area (Å²) >= 11 is 0. The maximum absolute atomic E-state index is 13.6. The topological polar surface area (TPSA) is 262 Å². The van der Waals surface area contributed by atoms with Crippen molar-refractivity contribution in [2.45, 2.75) is 77.0 Å². The Labute approximate surface area is 406 Å². The Kier molecular flexibility index (Phi) is 11.9. The van der Waals surface area contributed by atoms with E-state index in [1.807, 2.05) is 24.3 Å². The van der Waals surface area contributed by atoms with Crippen molar-refractivity contribution < 1.29 is 64.1 Å². The lowest BCUT2D eigenvalue weighted by atomic mass is 9.72. The minimum absolute atomic E-state index is 0.0666. The van der Waals surface area contributed by atoms with E-state index < -0.39 is 23.9 Å². The Morgan fingerprint density at radius 2 is 0.761 bits per heavy atom. The van der Waals surface area contributed by atoms with Crippen LogP contribution < -0.4 is 5.73 Å². The van der Waals surface area contributed by atoms with Gasteiger partial charge in [0.05, 0.1) is 22.3 Å². The molecule has 0 fully saturated rings. The van der Waals surface area contributed by atoms with Crippen molar-refractivity contribution >= 4 is 35.7 Å². The third-order valence-electron chi connectivity index (χ3n) is 14.3. The number of hydrogen-bond acceptors (Lipinski definition) is 12. The highest BCUT2D eigenvalue weighted by atomic mass is 16.6. The number of rotatable bonds is 7. The number of aliphatic carboxylic acids is 2. The van der Waals surface area contributed by atoms with Gasteiger partial charge in [0.2, 0.25) is 0 Å². The lowest BCUT2D eigenvalue weighted by Gasteiger charge is -2.30. The number of phenolic OH excluding ortho intramolecular Hbond substituents is 4. The Morgan fingerprint density at radius 1 is 0.451 bits per heavy atom. The maximum Gasteiger partial charge on any atom is 0.347 e. The van der Waals surface area contributed by atoms with E-state index in [-0.39, 0.29) is 60.6 Å². The first-order valence-corrected chi connectivity index (χ1v) is 23.6. The van der Waals surface area contributed by atoms with Crippen LogP contribution in [0.2, 0.25) is 0 Å². The number of ether oxygens (including phenoxy) is 1. The number of aromatic hydroxyl groups is 4. The number of carbonyl (C=O) groups excluding carboxylic acids is 4. The molecule has 12 rings (SSSR count). The fraction of sp³-hybridized carbons (Fsp3) is 0.250. The first-order valence-electron chi connectivity index (χ1n) is 23.6. The zero-order valence-corrected chi connectivity index (χ0v) is 38.4. The van der Waals surface area contributed by atoms with Gasteiger partial charge in [-0.05, 0) is 208 Å². The van der Waals surface area contributed by atoms with Crippen LogP contribution in [0.3, 0.4) is 0 Å². The second-order valence-corrected chi connectivity index (χ2v) is 18.5. The summed E-state index contributed by atoms with van der Waals surface area (Å²) in [7, 11) is 0. The van der Waals surface area contributed by atoms with Gasteiger partial charge in [-0.3, -0.25) is 24.1 Å². The summed E-state index contributed by atoms with van der Waals surface area (Å²) in [5, 5.41) is 57.0. The number of nitrogens with zero attached hydrogens (tertiary/aromatic N) is 1. The molecule has 0 aromatic heterocycles. The SMILES string of the molecule is NCCCC(=O)O.O=C(O)CCCN1C(=O)c2c3c(c4c(c2C1=O)CCc1cc(O)ccc1-4)-c1ccc(O)cc1CC3.O=C1OC(=O)c2c3c(c4c(c21)CCc1cc(O)ccc1-4)-c1ccc(O)cc1CC3. The zero-order chi connectivity index (χ0) is 50.0. The fourth-order valence-corrected chi connectivity index (χ4v) is 11.4. The maximum atomic E-state index is 13.6. The second kappa shape index (κ2) is 18.2. The van der Waals surface area contributed by atoms with Crippen LogP contribution in [0.4, 0.5) is 0 Å². The number of aryl methyl sites for hydroxylation is 4. The molecule has 0 unspecified atom stereocenters. The van der Waals surface area contributed by atoms with E-state index in [9.17, 15) is 49.2 Å². The predicted molar refractivity (Wildman–Crippen MR) is 259 cm³/mol. The molecule has 0 saturated heterocycles. The average Bonchev–Trinajstić information content (AvgIpc) is 3.79. The summed E-state index contributed by atoms with van der Waals surface area (Å²) in [6.45, 7) is 0.531. The number of fused-ring (bicyclic) bond motifs is 20. The van der Waals surface area contributed by atoms with E-state index in [1.54, 1.807) is 48.5 Å². The average molecular weight is 957 g/mol. The molecular weight excluding hydrogens is 909 g/mol. The molecule has 2 amide bonds. The number of carbonyl (C=O) groups is 6. The quantitative estimate of drug-likeness (QED) is 0.0457. The summed E-state index contributed by atoms with van der Waals surface area (Å²) in [5.41, 5.74) is 21.6. The minimum Gasteiger partial charge on any atom is -0.508 e. The van der Waals surface area contributed by atoms with Crippen LogP contribution in [-0.2, 0) is 65.7 Å². The molecule has 4 aliphatic carbocycles. The van der Waals surface area contributed by atoms with Crippen LogP contribution in [0.5, 0.6) is 23.0 Å². The summed E-state index contributed by atoms with van der Waals surface area (Å²) < 4.78 is 5.02. The molecule has 6 aromatic carbocycles. The molecule has 0 atom stereocenters. The molecule has 6 aliphatic rings. The van der Waals surface area contributed by atoms with E-state index in [4.69, 9.17) is 20.7 Å². The Bertz CT molecular complexity index is 3150. The van der Waals surface area contributed by atoms with E-state index in [0.717, 1.165) is 89.0 Å². The van der Waals surface area contributed by atoms with E-state index in [0.29, 0.717) is 86.6 Å². The van der Waals surface area contributed by atoms with Crippen molar-refractivity contribution in [3.05, 3.63) is 140 Å². The van der Waals surface area contributed by atoms with Crippen molar-refractivity contribution in [3.8, 4) is 67.5 Å². The molecule has 8 N–H and O–H groups in total. The monoisotopic (exact) mass is 956 g/mol. The molecule has 0 radical (unpaired) electrons. The first kappa shape index (κ1) is 46.4. The smallest absolute Gasteiger partial charge is 0.347 e. The van der Waals surface area contributed by atoms with E-state index in [1.165, 1.54) is 4.90 Å². The zero-order valence-electron chi connectivity index (χ0n) is 38.4. The molecule has 15 heteroatoms. The highest BCUT2D eigenvalue weighted by molar-refractivity contribution is 6.25. The summed E-state index contributed by atoms with van der Waals surface area (Å²) in [6.07, 6.45) is 5.76. The largest absolute Gasteiger partial charge is 0.508 e. The molecule has 0 bridgehead atoms. The number of benzene rings is 6. The normalized spacial score (nSPS) is 14.8. The number of phenols is 4. The van der Waals surface area contributed by atoms with Gasteiger partial charge in [-0.1, -0.05) is 24.3 Å². The number of carboxylic acid groups (broad SMARTS) is 2. The fourth-order valence-electron chi connectivity index (χ4n) is 11.4. The van der Waals surface area contributed by atoms with E-state index >= 15 is 0 Å². The van der Waals surface area contributed by atoms with Gasteiger partial charge in [-0.2, -0.15) is 0 Å². The van der Waals surface area contributed by atoms with Crippen molar-refractivity contribution in [1.82, 2.24) is 4.90 Å². The van der Waals surface area contributed by atoms with Gasteiger partial charge in [-0.25, -0.2) is 9.59 Å². The Morgan fingerprint density at radius 3 is 1.06 bits per heavy atom. The van der Waals surface area contributed by atoms with Gasteiger partial charge in [0, 0.05) is 19.4 Å². The van der Waals surface area contributed by atoms with Crippen LogP contribution in [0.1, 0.15) is 112 Å². The summed E-state index contributed by atoms with van der Waals surface area (Å²) in [5.74, 6) is -2.79. The number of nitrogens with two attached hydrogens (primary N) is 1. The molecular formula is C56H48N2O13. The molecule has 71 heavy (non-hydrogen) atoms. The molecule has 360 valence electrons. The van der Waals surface area contributed by atoms with Crippen molar-refractivity contribution in [2.75, 3.05) is 13.1 Å². The third kappa shape index (κ3) is 8.01. The van der Waals surface area contributed by atoms with Gasteiger partial charge in [0.15, 0.2) is 0 Å². The molecule has 0 spiro atoms. The number of cyclic esters (lactones) is 2. The van der Waals surface area contributed by atoms with Crippen LogP contribution in [0, 0.1) is 0 Å². The van der Waals surface area contributed by atoms with E-state index in [2.05, 4.69) is 0 Å². The van der Waals surface area contributed by atoms with Crippen molar-refractivity contribution in [3.63, 3.8) is 0 Å². The molecule has 2 heterocycles. The van der Waals surface area contributed by atoms with Gasteiger partial charge < -0.3 is 41.1 Å². The predicted octanol–water partition coefficient (Wildman–Crippen LogP) is 7.84. The Balaban J connectivity index is 0.000000147. The lowest BCUT2D eigenvalue weighted by Crippen LogP contribution is -2.31. The highest BCUT2D eigenvalue weighted by Crippen LogP contribution is 2.53. The summed E-state index contributed by atoms with van der Waals surface area (Å²) in [6, 6.07) is 21.1. The Hall–Kier alpha value is -8.30. The molecule has 15 nitrogen and oxygen atoms in total. The third-order valence-corrected chi connectivity index (χ3v) is 14.3. The van der Waals surface area contributed by atoms with Gasteiger partial charge in [-0.15, -0.1) is 0 Å². The highest BCUT2D eigenvalue weighted by Gasteiger charge is 2.45. The number of hydrogen-bond donors (Lipinski definition) is 7. The molecule has 6 aromatic rings. The van der Waals surface area contributed by atoms with Crippen LogP contribution in [0.25, 0.3) is 44.5 Å². The first-order chi connectivity index (χ1) is 34.1.